The van der Waals surface area contributed by atoms with Crippen LogP contribution in [0.2, 0.25) is 0 Å². The Balaban J connectivity index is 1.38. The number of nitrogens with zero attached hydrogens (tertiary/aromatic N) is 1. The van der Waals surface area contributed by atoms with Crippen LogP contribution in [0.4, 0.5) is 5.69 Å². The van der Waals surface area contributed by atoms with Crippen molar-refractivity contribution in [3.63, 3.8) is 0 Å². The lowest BCUT2D eigenvalue weighted by Crippen LogP contribution is -2.59. The van der Waals surface area contributed by atoms with Crippen LogP contribution in [0.25, 0.3) is 0 Å². The maximum atomic E-state index is 12.6. The molecule has 0 radical (unpaired) electrons. The molecular formula is C22H29N3O3. The number of carboxylic acids is 1. The van der Waals surface area contributed by atoms with Crippen molar-refractivity contribution in [3.8, 4) is 0 Å². The number of aliphatic imine (C=N–C) groups is 1. The molecule has 0 saturated heterocycles. The molecule has 150 valence electrons. The van der Waals surface area contributed by atoms with Gasteiger partial charge in [0.25, 0.3) is 0 Å². The minimum Gasteiger partial charge on any atom is -0.480 e. The minimum atomic E-state index is -0.972. The van der Waals surface area contributed by atoms with Crippen molar-refractivity contribution in [1.29, 1.82) is 0 Å². The number of rotatable bonds is 7. The Morgan fingerprint density at radius 2 is 1.71 bits per heavy atom. The molecule has 0 spiro atoms. The number of amides is 1. The van der Waals surface area contributed by atoms with Crippen LogP contribution >= 0.6 is 0 Å². The summed E-state index contributed by atoms with van der Waals surface area (Å²) in [7, 11) is 0. The van der Waals surface area contributed by atoms with Crippen molar-refractivity contribution in [1.82, 2.24) is 5.32 Å². The number of nitrogens with one attached hydrogen (secondary N) is 2. The number of hydrogen-bond donors (Lipinski definition) is 3. The van der Waals surface area contributed by atoms with Gasteiger partial charge in [-0.1, -0.05) is 18.2 Å². The summed E-state index contributed by atoms with van der Waals surface area (Å²) in [5.41, 5.74) is 2.19. The summed E-state index contributed by atoms with van der Waals surface area (Å²) in [6.45, 7) is 1.80. The predicted molar refractivity (Wildman–Crippen MR) is 109 cm³/mol. The van der Waals surface area contributed by atoms with E-state index in [0.29, 0.717) is 17.9 Å². The van der Waals surface area contributed by atoms with E-state index in [1.54, 1.807) is 6.92 Å². The second kappa shape index (κ2) is 7.66. The van der Waals surface area contributed by atoms with Gasteiger partial charge in [0, 0.05) is 22.5 Å². The maximum absolute atomic E-state index is 12.6. The maximum Gasteiger partial charge on any atom is 0.325 e. The van der Waals surface area contributed by atoms with Crippen molar-refractivity contribution >= 4 is 23.3 Å². The molecule has 4 aliphatic rings. The minimum absolute atomic E-state index is 0.0609. The molecule has 0 unspecified atom stereocenters. The average Bonchev–Trinajstić information content (AvgIpc) is 2.64. The highest BCUT2D eigenvalue weighted by molar-refractivity contribution is 6.07. The van der Waals surface area contributed by atoms with Gasteiger partial charge in [0.2, 0.25) is 5.91 Å². The lowest BCUT2D eigenvalue weighted by molar-refractivity contribution is -0.135. The number of aliphatic carboxylic acids is 1. The Labute approximate surface area is 165 Å². The Morgan fingerprint density at radius 3 is 2.32 bits per heavy atom. The Bertz CT molecular complexity index is 767. The molecule has 0 aromatic heterocycles. The topological polar surface area (TPSA) is 90.8 Å². The highest BCUT2D eigenvalue weighted by atomic mass is 16.4. The van der Waals surface area contributed by atoms with E-state index in [4.69, 9.17) is 5.11 Å². The second-order valence-electron chi connectivity index (χ2n) is 8.94. The first-order valence-electron chi connectivity index (χ1n) is 10.3. The predicted octanol–water partition coefficient (Wildman–Crippen LogP) is 3.08. The van der Waals surface area contributed by atoms with E-state index in [9.17, 15) is 9.59 Å². The van der Waals surface area contributed by atoms with E-state index in [-0.39, 0.29) is 18.0 Å². The summed E-state index contributed by atoms with van der Waals surface area (Å²) < 4.78 is 0. The summed E-state index contributed by atoms with van der Waals surface area (Å²) in [6, 6.07) is 7.40. The third kappa shape index (κ3) is 4.12. The molecule has 4 fully saturated rings. The quantitative estimate of drug-likeness (QED) is 0.631. The standard InChI is InChI=1S/C22H29N3O3/c1-14(23-13-21(27)28)18-4-2-3-5-19(18)25-20(26)12-24-22-9-15-6-16(10-22)8-17(7-15)11-22/h2-5,15-17,24H,6-13H2,1H3,(H,25,26)(H,27,28). The number of para-hydroxylation sites is 1. The van der Waals surface area contributed by atoms with Crippen LogP contribution in [-0.4, -0.2) is 41.3 Å². The molecule has 6 nitrogen and oxygen atoms in total. The van der Waals surface area contributed by atoms with Gasteiger partial charge < -0.3 is 15.7 Å². The molecule has 1 aromatic rings. The molecule has 6 heteroatoms. The van der Waals surface area contributed by atoms with Gasteiger partial charge in [0.15, 0.2) is 0 Å². The number of benzene rings is 1. The van der Waals surface area contributed by atoms with Gasteiger partial charge >= 0.3 is 5.97 Å². The third-order valence-electron chi connectivity index (χ3n) is 6.70. The molecule has 1 aromatic carbocycles. The highest BCUT2D eigenvalue weighted by Crippen LogP contribution is 2.55. The van der Waals surface area contributed by atoms with Gasteiger partial charge in [0.1, 0.15) is 6.54 Å². The van der Waals surface area contributed by atoms with Gasteiger partial charge in [-0.25, -0.2) is 0 Å². The highest BCUT2D eigenvalue weighted by Gasteiger charge is 2.50. The molecule has 0 heterocycles. The Kier molecular flexibility index (Phi) is 5.23. The normalized spacial score (nSPS) is 31.0. The van der Waals surface area contributed by atoms with Crippen LogP contribution in [0, 0.1) is 17.8 Å². The van der Waals surface area contributed by atoms with Gasteiger partial charge in [-0.3, -0.25) is 14.6 Å². The van der Waals surface area contributed by atoms with E-state index >= 15 is 0 Å². The fraction of sp³-hybridized carbons (Fsp3) is 0.591. The number of anilines is 1. The average molecular weight is 383 g/mol. The zero-order valence-corrected chi connectivity index (χ0v) is 16.4. The van der Waals surface area contributed by atoms with Crippen LogP contribution in [0.5, 0.6) is 0 Å². The van der Waals surface area contributed by atoms with Gasteiger partial charge in [0.05, 0.1) is 6.54 Å². The van der Waals surface area contributed by atoms with Crippen LogP contribution < -0.4 is 10.6 Å². The summed E-state index contributed by atoms with van der Waals surface area (Å²) in [4.78, 5) is 27.5. The number of carbonyl (C=O) groups excluding carboxylic acids is 1. The first-order valence-corrected chi connectivity index (χ1v) is 10.3. The second-order valence-corrected chi connectivity index (χ2v) is 8.94. The molecular weight excluding hydrogens is 354 g/mol. The van der Waals surface area contributed by atoms with Crippen molar-refractivity contribution in [3.05, 3.63) is 29.8 Å². The van der Waals surface area contributed by atoms with Gasteiger partial charge in [-0.05, 0) is 69.3 Å². The molecule has 4 aliphatic carbocycles. The molecule has 4 bridgehead atoms. The van der Waals surface area contributed by atoms with E-state index in [1.165, 1.54) is 38.5 Å². The lowest BCUT2D eigenvalue weighted by atomic mass is 9.53. The molecule has 28 heavy (non-hydrogen) atoms. The Morgan fingerprint density at radius 1 is 1.11 bits per heavy atom. The summed E-state index contributed by atoms with van der Waals surface area (Å²) in [6.07, 6.45) is 7.79. The largest absolute Gasteiger partial charge is 0.480 e. The SMILES string of the molecule is CC(=NCC(=O)O)c1ccccc1NC(=O)CNC12CC3CC(CC(C3)C1)C2. The first-order chi connectivity index (χ1) is 13.4. The van der Waals surface area contributed by atoms with E-state index < -0.39 is 5.97 Å². The van der Waals surface area contributed by atoms with E-state index in [2.05, 4.69) is 15.6 Å². The van der Waals surface area contributed by atoms with E-state index in [1.807, 2.05) is 24.3 Å². The van der Waals surface area contributed by atoms with Gasteiger partial charge in [-0.2, -0.15) is 0 Å². The van der Waals surface area contributed by atoms with Crippen LogP contribution in [-0.2, 0) is 9.59 Å². The van der Waals surface area contributed by atoms with Crippen LogP contribution in [0.3, 0.4) is 0 Å². The third-order valence-corrected chi connectivity index (χ3v) is 6.70. The summed E-state index contributed by atoms with van der Waals surface area (Å²) >= 11 is 0. The monoisotopic (exact) mass is 383 g/mol. The first kappa shape index (κ1) is 19.1. The van der Waals surface area contributed by atoms with Crippen molar-refractivity contribution in [2.75, 3.05) is 18.4 Å². The zero-order valence-electron chi connectivity index (χ0n) is 16.4. The summed E-state index contributed by atoms with van der Waals surface area (Å²) in [5, 5.41) is 15.4. The van der Waals surface area contributed by atoms with E-state index in [0.717, 1.165) is 23.3 Å². The number of hydrogen-bond acceptors (Lipinski definition) is 4. The Hall–Kier alpha value is -2.21. The molecule has 3 N–H and O–H groups in total. The lowest BCUT2D eigenvalue weighted by Gasteiger charge is -2.57. The molecule has 0 atom stereocenters. The van der Waals surface area contributed by atoms with Gasteiger partial charge in [-0.15, -0.1) is 0 Å². The molecule has 5 rings (SSSR count). The zero-order chi connectivity index (χ0) is 19.7. The van der Waals surface area contributed by atoms with Crippen molar-refractivity contribution < 1.29 is 14.7 Å². The van der Waals surface area contributed by atoms with Crippen molar-refractivity contribution in [2.24, 2.45) is 22.7 Å². The molecule has 4 saturated carbocycles. The number of carboxylic acid groups (broad SMARTS) is 1. The van der Waals surface area contributed by atoms with Crippen LogP contribution in [0.1, 0.15) is 51.0 Å². The number of carbonyl (C=O) groups is 2. The molecule has 0 aliphatic heterocycles. The van der Waals surface area contributed by atoms with Crippen LogP contribution in [0.15, 0.2) is 29.3 Å². The fourth-order valence-corrected chi connectivity index (χ4v) is 5.97. The fourth-order valence-electron chi connectivity index (χ4n) is 5.97. The van der Waals surface area contributed by atoms with Crippen molar-refractivity contribution in [2.45, 2.75) is 51.0 Å². The smallest absolute Gasteiger partial charge is 0.325 e. The molecule has 1 amide bonds. The summed E-state index contributed by atoms with van der Waals surface area (Å²) in [5.74, 6) is 1.50.